The highest BCUT2D eigenvalue weighted by molar-refractivity contribution is 7.89. The summed E-state index contributed by atoms with van der Waals surface area (Å²) >= 11 is 0. The van der Waals surface area contributed by atoms with Crippen LogP contribution in [0.1, 0.15) is 12.8 Å². The molecule has 0 unspecified atom stereocenters. The lowest BCUT2D eigenvalue weighted by Gasteiger charge is -2.31. The summed E-state index contributed by atoms with van der Waals surface area (Å²) in [4.78, 5) is -0.908. The molecule has 0 bridgehead atoms. The van der Waals surface area contributed by atoms with E-state index in [2.05, 4.69) is 10.2 Å². The fraction of sp³-hybridized carbons (Fsp3) is 0.263. The van der Waals surface area contributed by atoms with Crippen LogP contribution in [0.2, 0.25) is 0 Å². The van der Waals surface area contributed by atoms with Gasteiger partial charge in [-0.05, 0) is 31.0 Å². The molecule has 146 valence electrons. The van der Waals surface area contributed by atoms with Gasteiger partial charge in [-0.3, -0.25) is 0 Å². The summed E-state index contributed by atoms with van der Waals surface area (Å²) in [5.41, 5.74) is 0. The summed E-state index contributed by atoms with van der Waals surface area (Å²) in [6.45, 7) is 0.192. The van der Waals surface area contributed by atoms with E-state index >= 15 is 0 Å². The van der Waals surface area contributed by atoms with Gasteiger partial charge >= 0.3 is 0 Å². The molecule has 2 aromatic carbocycles. The van der Waals surface area contributed by atoms with Gasteiger partial charge in [0.1, 0.15) is 17.7 Å². The van der Waals surface area contributed by atoms with Crippen molar-refractivity contribution in [3.63, 3.8) is 0 Å². The number of piperidine rings is 1. The number of nitrogens with zero attached hydrogens (tertiary/aromatic N) is 3. The number of ether oxygens (including phenoxy) is 1. The quantitative estimate of drug-likeness (QED) is 0.667. The van der Waals surface area contributed by atoms with Crippen molar-refractivity contribution >= 4 is 20.8 Å². The van der Waals surface area contributed by atoms with E-state index in [9.17, 15) is 17.2 Å². The molecule has 0 atom stereocenters. The van der Waals surface area contributed by atoms with Crippen LogP contribution < -0.4 is 4.74 Å². The molecule has 6 nitrogen and oxygen atoms in total. The van der Waals surface area contributed by atoms with Gasteiger partial charge in [-0.2, -0.15) is 9.40 Å². The Kier molecular flexibility index (Phi) is 4.94. The van der Waals surface area contributed by atoms with E-state index in [0.29, 0.717) is 18.7 Å². The van der Waals surface area contributed by atoms with Crippen LogP contribution in [-0.4, -0.2) is 42.1 Å². The summed E-state index contributed by atoms with van der Waals surface area (Å²) in [5.74, 6) is -1.80. The van der Waals surface area contributed by atoms with Gasteiger partial charge < -0.3 is 4.74 Å². The first-order valence-electron chi connectivity index (χ1n) is 8.78. The zero-order valence-electron chi connectivity index (χ0n) is 14.8. The maximum Gasteiger partial charge on any atom is 0.248 e. The minimum Gasteiger partial charge on any atom is -0.473 e. The van der Waals surface area contributed by atoms with Crippen molar-refractivity contribution in [2.45, 2.75) is 23.8 Å². The highest BCUT2D eigenvalue weighted by Gasteiger charge is 2.34. The summed E-state index contributed by atoms with van der Waals surface area (Å²) < 4.78 is 60.2. The molecular weight excluding hydrogens is 388 g/mol. The number of fused-ring (bicyclic) bond motifs is 1. The van der Waals surface area contributed by atoms with Crippen LogP contribution in [0.5, 0.6) is 5.88 Å². The second-order valence-corrected chi connectivity index (χ2v) is 8.38. The summed E-state index contributed by atoms with van der Waals surface area (Å²) in [7, 11) is -4.25. The normalized spacial score (nSPS) is 16.4. The Labute approximate surface area is 160 Å². The smallest absolute Gasteiger partial charge is 0.248 e. The minimum absolute atomic E-state index is 0.0962. The van der Waals surface area contributed by atoms with E-state index in [4.69, 9.17) is 4.74 Å². The van der Waals surface area contributed by atoms with Gasteiger partial charge in [0.25, 0.3) is 0 Å². The topological polar surface area (TPSA) is 72.4 Å². The summed E-state index contributed by atoms with van der Waals surface area (Å²) in [6, 6.07) is 10.5. The number of sulfonamides is 1. The molecular formula is C19H17F2N3O3S. The third kappa shape index (κ3) is 3.43. The monoisotopic (exact) mass is 405 g/mol. The molecule has 1 aliphatic rings. The maximum atomic E-state index is 13.9. The largest absolute Gasteiger partial charge is 0.473 e. The predicted molar refractivity (Wildman–Crippen MR) is 98.3 cm³/mol. The van der Waals surface area contributed by atoms with Crippen molar-refractivity contribution in [1.82, 2.24) is 14.5 Å². The van der Waals surface area contributed by atoms with Gasteiger partial charge in [0, 0.05) is 23.9 Å². The zero-order valence-corrected chi connectivity index (χ0v) is 15.6. The van der Waals surface area contributed by atoms with Crippen molar-refractivity contribution in [2.24, 2.45) is 0 Å². The van der Waals surface area contributed by atoms with E-state index in [-0.39, 0.29) is 19.2 Å². The molecule has 1 aromatic heterocycles. The fourth-order valence-electron chi connectivity index (χ4n) is 3.30. The molecule has 1 fully saturated rings. The second kappa shape index (κ2) is 7.40. The van der Waals surface area contributed by atoms with E-state index < -0.39 is 26.6 Å². The van der Waals surface area contributed by atoms with Crippen molar-refractivity contribution < 1.29 is 21.9 Å². The summed E-state index contributed by atoms with van der Waals surface area (Å²) in [6.07, 6.45) is 2.12. The second-order valence-electron chi connectivity index (χ2n) is 6.51. The molecule has 2 heterocycles. The number of aromatic nitrogens is 2. The van der Waals surface area contributed by atoms with Crippen molar-refractivity contribution in [3.8, 4) is 5.88 Å². The zero-order chi connectivity index (χ0) is 19.7. The van der Waals surface area contributed by atoms with E-state index in [1.165, 1.54) is 0 Å². The third-order valence-electron chi connectivity index (χ3n) is 4.73. The number of benzene rings is 2. The average Bonchev–Trinajstić information content (AvgIpc) is 2.68. The lowest BCUT2D eigenvalue weighted by molar-refractivity contribution is 0.130. The van der Waals surface area contributed by atoms with Crippen LogP contribution in [0, 0.1) is 11.6 Å². The van der Waals surface area contributed by atoms with Gasteiger partial charge in [0.05, 0.1) is 6.20 Å². The number of hydrogen-bond acceptors (Lipinski definition) is 5. The molecule has 9 heteroatoms. The predicted octanol–water partition coefficient (Wildman–Crippen LogP) is 3.14. The molecule has 0 N–H and O–H groups in total. The number of rotatable bonds is 4. The Morgan fingerprint density at radius 1 is 1.00 bits per heavy atom. The van der Waals surface area contributed by atoms with Crippen LogP contribution >= 0.6 is 0 Å². The molecule has 0 aliphatic carbocycles. The van der Waals surface area contributed by atoms with Gasteiger partial charge in [-0.25, -0.2) is 17.2 Å². The van der Waals surface area contributed by atoms with Crippen LogP contribution in [0.3, 0.4) is 0 Å². The maximum absolute atomic E-state index is 13.9. The molecule has 1 aliphatic heterocycles. The lowest BCUT2D eigenvalue weighted by Crippen LogP contribution is -2.42. The van der Waals surface area contributed by atoms with Gasteiger partial charge in [-0.15, -0.1) is 5.10 Å². The number of halogens is 2. The molecule has 28 heavy (non-hydrogen) atoms. The van der Waals surface area contributed by atoms with Crippen molar-refractivity contribution in [1.29, 1.82) is 0 Å². The third-order valence-corrected chi connectivity index (χ3v) is 6.68. The fourth-order valence-corrected chi connectivity index (χ4v) is 4.87. The number of hydrogen-bond donors (Lipinski definition) is 0. The van der Waals surface area contributed by atoms with E-state index in [1.54, 1.807) is 6.20 Å². The average molecular weight is 405 g/mol. The van der Waals surface area contributed by atoms with Crippen molar-refractivity contribution in [2.75, 3.05) is 13.1 Å². The Morgan fingerprint density at radius 2 is 1.68 bits per heavy atom. The van der Waals surface area contributed by atoms with Crippen LogP contribution in [0.25, 0.3) is 10.8 Å². The molecule has 4 rings (SSSR count). The molecule has 0 amide bonds. The first-order valence-corrected chi connectivity index (χ1v) is 10.2. The Balaban J connectivity index is 1.49. The highest BCUT2D eigenvalue weighted by Crippen LogP contribution is 2.28. The van der Waals surface area contributed by atoms with Gasteiger partial charge in [0.15, 0.2) is 4.90 Å². The molecule has 1 saturated heterocycles. The lowest BCUT2D eigenvalue weighted by atomic mass is 10.1. The van der Waals surface area contributed by atoms with Crippen molar-refractivity contribution in [3.05, 3.63) is 60.3 Å². The summed E-state index contributed by atoms with van der Waals surface area (Å²) in [5, 5.41) is 9.67. The minimum atomic E-state index is -4.25. The first kappa shape index (κ1) is 18.7. The standard InChI is InChI=1S/C19H17F2N3O3S/c20-16-6-3-7-17(21)18(16)28(25,26)24-10-8-14(9-11-24)27-19-15-5-2-1-4-13(15)12-22-23-19/h1-7,12,14H,8-11H2. The van der Waals surface area contributed by atoms with Gasteiger partial charge in [0.2, 0.25) is 15.9 Å². The van der Waals surface area contributed by atoms with Gasteiger partial charge in [-0.1, -0.05) is 24.3 Å². The van der Waals surface area contributed by atoms with Crippen LogP contribution in [0.4, 0.5) is 8.78 Å². The molecule has 0 spiro atoms. The van der Waals surface area contributed by atoms with E-state index in [1.807, 2.05) is 24.3 Å². The Morgan fingerprint density at radius 3 is 2.39 bits per heavy atom. The van der Waals surface area contributed by atoms with Crippen LogP contribution in [-0.2, 0) is 10.0 Å². The molecule has 0 saturated carbocycles. The van der Waals surface area contributed by atoms with E-state index in [0.717, 1.165) is 33.3 Å². The Bertz CT molecular complexity index is 1090. The Hall–Kier alpha value is -2.65. The SMILES string of the molecule is O=S(=O)(c1c(F)cccc1F)N1CCC(Oc2nncc3ccccc23)CC1. The highest BCUT2D eigenvalue weighted by atomic mass is 32.2. The first-order chi connectivity index (χ1) is 13.5. The molecule has 3 aromatic rings. The molecule has 0 radical (unpaired) electrons. The van der Waals surface area contributed by atoms with Crippen LogP contribution in [0.15, 0.2) is 53.6 Å².